The molecule has 7 heteroatoms. The first-order valence-corrected chi connectivity index (χ1v) is 12.2. The van der Waals surface area contributed by atoms with Crippen molar-refractivity contribution in [2.45, 2.75) is 33.7 Å². The number of aryl methyl sites for hydroxylation is 3. The summed E-state index contributed by atoms with van der Waals surface area (Å²) in [5.41, 5.74) is 8.28. The van der Waals surface area contributed by atoms with E-state index < -0.39 is 0 Å². The Morgan fingerprint density at radius 2 is 1.72 bits per heavy atom. The zero-order valence-corrected chi connectivity index (χ0v) is 21.8. The molecule has 182 valence electrons. The number of aromatic nitrogens is 2. The highest BCUT2D eigenvalue weighted by atomic mass is 32.1. The highest BCUT2D eigenvalue weighted by Crippen LogP contribution is 2.39. The van der Waals surface area contributed by atoms with Gasteiger partial charge in [-0.25, -0.2) is 0 Å². The lowest BCUT2D eigenvalue weighted by molar-refractivity contribution is 0.404. The number of benzene rings is 3. The molecule has 1 N–H and O–H groups in total. The Morgan fingerprint density at radius 3 is 2.42 bits per heavy atom. The quantitative estimate of drug-likeness (QED) is 0.315. The molecule has 2 heterocycles. The maximum absolute atomic E-state index is 5.88. The van der Waals surface area contributed by atoms with Crippen LogP contribution in [0.15, 0.2) is 77.0 Å². The van der Waals surface area contributed by atoms with Crippen LogP contribution in [0, 0.1) is 20.8 Å². The minimum Gasteiger partial charge on any atom is -0.497 e. The van der Waals surface area contributed by atoms with E-state index in [-0.39, 0.29) is 6.04 Å². The summed E-state index contributed by atoms with van der Waals surface area (Å²) in [4.78, 5) is 6.86. The highest BCUT2D eigenvalue weighted by molar-refractivity contribution is 7.80. The average molecular weight is 497 g/mol. The fourth-order valence-electron chi connectivity index (χ4n) is 4.48. The number of rotatable bonds is 5. The predicted molar refractivity (Wildman–Crippen MR) is 147 cm³/mol. The fourth-order valence-corrected chi connectivity index (χ4v) is 4.84. The van der Waals surface area contributed by atoms with E-state index in [1.165, 1.54) is 11.1 Å². The summed E-state index contributed by atoms with van der Waals surface area (Å²) in [6.45, 7) is 8.30. The van der Waals surface area contributed by atoms with Gasteiger partial charge in [-0.15, -0.1) is 0 Å². The van der Waals surface area contributed by atoms with Crippen LogP contribution in [0.2, 0.25) is 0 Å². The minimum absolute atomic E-state index is 0.267. The number of nitrogens with one attached hydrogen (secondary N) is 1. The predicted octanol–water partition coefficient (Wildman–Crippen LogP) is 6.54. The van der Waals surface area contributed by atoms with Crippen LogP contribution in [0.4, 0.5) is 5.69 Å². The molecule has 4 aromatic rings. The van der Waals surface area contributed by atoms with Crippen molar-refractivity contribution in [1.29, 1.82) is 0 Å². The van der Waals surface area contributed by atoms with E-state index in [0.717, 1.165) is 39.4 Å². The van der Waals surface area contributed by atoms with Gasteiger partial charge in [0.1, 0.15) is 5.75 Å². The topological polar surface area (TPSA) is 63.4 Å². The Hall–Kier alpha value is -3.97. The van der Waals surface area contributed by atoms with Gasteiger partial charge >= 0.3 is 0 Å². The van der Waals surface area contributed by atoms with Gasteiger partial charge < -0.3 is 14.6 Å². The summed E-state index contributed by atoms with van der Waals surface area (Å²) in [5.74, 6) is 1.79. The number of methoxy groups -OCH3 is 1. The lowest BCUT2D eigenvalue weighted by atomic mass is 9.94. The van der Waals surface area contributed by atoms with Gasteiger partial charge in [-0.1, -0.05) is 47.1 Å². The molecule has 1 unspecified atom stereocenters. The molecule has 0 radical (unpaired) electrons. The van der Waals surface area contributed by atoms with Crippen molar-refractivity contribution in [3.05, 3.63) is 101 Å². The van der Waals surface area contributed by atoms with E-state index in [0.29, 0.717) is 16.8 Å². The average Bonchev–Trinajstić information content (AvgIpc) is 3.36. The summed E-state index contributed by atoms with van der Waals surface area (Å²) >= 11 is 5.88. The smallest absolute Gasteiger partial charge is 0.258 e. The number of hydrogen-bond acceptors (Lipinski definition) is 5. The maximum atomic E-state index is 5.88. The van der Waals surface area contributed by atoms with Crippen LogP contribution in [-0.2, 0) is 0 Å². The van der Waals surface area contributed by atoms with E-state index in [9.17, 15) is 0 Å². The third kappa shape index (κ3) is 4.38. The molecule has 1 aliphatic heterocycles. The molecule has 3 aromatic carbocycles. The Kier molecular flexibility index (Phi) is 6.33. The molecule has 36 heavy (non-hydrogen) atoms. The number of anilines is 1. The van der Waals surface area contributed by atoms with E-state index in [1.54, 1.807) is 7.11 Å². The van der Waals surface area contributed by atoms with Crippen LogP contribution >= 0.6 is 12.2 Å². The van der Waals surface area contributed by atoms with Crippen molar-refractivity contribution in [2.75, 3.05) is 12.0 Å². The Morgan fingerprint density at radius 1 is 0.944 bits per heavy atom. The first-order valence-electron chi connectivity index (χ1n) is 11.8. The lowest BCUT2D eigenvalue weighted by Gasteiger charge is -2.37. The second kappa shape index (κ2) is 9.59. The van der Waals surface area contributed by atoms with Crippen molar-refractivity contribution in [3.63, 3.8) is 0 Å². The number of hydrogen-bond donors (Lipinski definition) is 1. The van der Waals surface area contributed by atoms with Crippen LogP contribution in [0.1, 0.15) is 41.1 Å². The van der Waals surface area contributed by atoms with Crippen LogP contribution in [0.5, 0.6) is 5.75 Å². The van der Waals surface area contributed by atoms with E-state index in [1.807, 2.05) is 67.3 Å². The number of thiocarbonyl (C=S) groups is 1. The Bertz CT molecular complexity index is 1470. The number of allylic oxidation sites excluding steroid dienone is 1. The van der Waals surface area contributed by atoms with E-state index in [4.69, 9.17) is 26.5 Å². The van der Waals surface area contributed by atoms with Crippen LogP contribution in [-0.4, -0.2) is 22.4 Å². The van der Waals surface area contributed by atoms with Crippen LogP contribution in [0.25, 0.3) is 17.0 Å². The molecule has 6 nitrogen and oxygen atoms in total. The summed E-state index contributed by atoms with van der Waals surface area (Å²) in [6.07, 6.45) is 0. The molecule has 0 aliphatic carbocycles. The SMILES string of the molecule is COc1ccc(C2NC(=S)N(c3ccc(C)c(C)c3)C(C)=C2c2nc(-c3cccc(C)c3)no2)cc1. The van der Waals surface area contributed by atoms with Crippen LogP contribution in [0.3, 0.4) is 0 Å². The molecule has 5 rings (SSSR count). The van der Waals surface area contributed by atoms with Crippen molar-refractivity contribution in [2.24, 2.45) is 0 Å². The molecule has 0 amide bonds. The fraction of sp³-hybridized carbons (Fsp3) is 0.207. The second-order valence-corrected chi connectivity index (χ2v) is 9.44. The zero-order chi connectivity index (χ0) is 25.4. The van der Waals surface area contributed by atoms with Crippen LogP contribution < -0.4 is 15.0 Å². The summed E-state index contributed by atoms with van der Waals surface area (Å²) < 4.78 is 11.2. The highest BCUT2D eigenvalue weighted by Gasteiger charge is 2.35. The number of nitrogens with zero attached hydrogens (tertiary/aromatic N) is 3. The number of ether oxygens (including phenoxy) is 1. The molecular formula is C29H28N4O2S. The molecule has 0 saturated carbocycles. The first kappa shape index (κ1) is 23.8. The standard InChI is InChI=1S/C29H28N4O2S/c1-17-7-6-8-22(15-17)27-31-28(35-32-27)25-20(4)33(23-12-9-18(2)19(3)16-23)29(36)30-26(25)21-10-13-24(34-5)14-11-21/h6-16,26H,1-5H3,(H,30,36). The maximum Gasteiger partial charge on any atom is 0.258 e. The summed E-state index contributed by atoms with van der Waals surface area (Å²) in [5, 5.41) is 8.45. The van der Waals surface area contributed by atoms with Gasteiger partial charge in [0.15, 0.2) is 5.11 Å². The second-order valence-electron chi connectivity index (χ2n) is 9.05. The third-order valence-electron chi connectivity index (χ3n) is 6.62. The molecular weight excluding hydrogens is 468 g/mol. The molecule has 0 bridgehead atoms. The third-order valence-corrected chi connectivity index (χ3v) is 6.92. The van der Waals surface area contributed by atoms with Crippen molar-refractivity contribution in [1.82, 2.24) is 15.5 Å². The zero-order valence-electron chi connectivity index (χ0n) is 21.0. The lowest BCUT2D eigenvalue weighted by Crippen LogP contribution is -2.46. The first-order chi connectivity index (χ1) is 17.4. The van der Waals surface area contributed by atoms with Crippen molar-refractivity contribution >= 4 is 28.6 Å². The van der Waals surface area contributed by atoms with Gasteiger partial charge in [-0.3, -0.25) is 4.90 Å². The molecule has 1 atom stereocenters. The van der Waals surface area contributed by atoms with Gasteiger partial charge in [-0.05, 0) is 86.9 Å². The van der Waals surface area contributed by atoms with Gasteiger partial charge in [-0.2, -0.15) is 4.98 Å². The summed E-state index contributed by atoms with van der Waals surface area (Å²) in [7, 11) is 1.66. The molecule has 1 aliphatic rings. The van der Waals surface area contributed by atoms with E-state index in [2.05, 4.69) is 42.5 Å². The van der Waals surface area contributed by atoms with Crippen molar-refractivity contribution in [3.8, 4) is 17.1 Å². The molecule has 1 aromatic heterocycles. The summed E-state index contributed by atoms with van der Waals surface area (Å²) in [6, 6.07) is 22.1. The normalized spacial score (nSPS) is 15.8. The van der Waals surface area contributed by atoms with Gasteiger partial charge in [0.2, 0.25) is 5.82 Å². The Labute approximate surface area is 216 Å². The Balaban J connectivity index is 1.65. The van der Waals surface area contributed by atoms with Gasteiger partial charge in [0.25, 0.3) is 5.89 Å². The van der Waals surface area contributed by atoms with Gasteiger partial charge in [0.05, 0.1) is 18.7 Å². The molecule has 0 saturated heterocycles. The molecule has 0 spiro atoms. The largest absolute Gasteiger partial charge is 0.497 e. The minimum atomic E-state index is -0.267. The van der Waals surface area contributed by atoms with Gasteiger partial charge in [0, 0.05) is 16.9 Å². The molecule has 0 fully saturated rings. The van der Waals surface area contributed by atoms with Crippen molar-refractivity contribution < 1.29 is 9.26 Å². The monoisotopic (exact) mass is 496 g/mol. The van der Waals surface area contributed by atoms with E-state index >= 15 is 0 Å².